The number of amides is 2. The van der Waals surface area contributed by atoms with Gasteiger partial charge in [-0.2, -0.15) is 0 Å². The summed E-state index contributed by atoms with van der Waals surface area (Å²) in [6, 6.07) is 9.04. The molecule has 1 heterocycles. The first-order valence-electron chi connectivity index (χ1n) is 7.05. The average Bonchev–Trinajstić information content (AvgIpc) is 2.97. The summed E-state index contributed by atoms with van der Waals surface area (Å²) < 4.78 is 14.7. The van der Waals surface area contributed by atoms with E-state index in [1.54, 1.807) is 19.1 Å². The molecule has 126 valence electrons. The molecule has 2 aromatic rings. The van der Waals surface area contributed by atoms with Crippen molar-refractivity contribution in [2.75, 3.05) is 7.11 Å². The predicted octanol–water partition coefficient (Wildman–Crippen LogP) is 2.08. The van der Waals surface area contributed by atoms with Gasteiger partial charge in [0.25, 0.3) is 5.91 Å². The van der Waals surface area contributed by atoms with Crippen molar-refractivity contribution in [3.05, 3.63) is 41.8 Å². The Morgan fingerprint density at radius 3 is 2.50 bits per heavy atom. The molecule has 0 saturated heterocycles. The van der Waals surface area contributed by atoms with Gasteiger partial charge in [0.05, 0.1) is 7.11 Å². The standard InChI is InChI=1S/C16H16N2O6/c1-9-12(17-14(23-9)11-7-5-4-6-8-11)15(20)24-10(2)13(19)18-16(21)22-3/h4-8,10H,1-3H3,(H,18,19,21)/t10-/m1/s1. The number of hydrogen-bond acceptors (Lipinski definition) is 7. The molecule has 2 amide bonds. The molecule has 0 fully saturated rings. The van der Waals surface area contributed by atoms with Crippen LogP contribution in [0.4, 0.5) is 4.79 Å². The first kappa shape index (κ1) is 17.2. The van der Waals surface area contributed by atoms with Crippen LogP contribution in [0.3, 0.4) is 0 Å². The summed E-state index contributed by atoms with van der Waals surface area (Å²) in [7, 11) is 1.11. The van der Waals surface area contributed by atoms with Gasteiger partial charge in [-0.3, -0.25) is 10.1 Å². The molecule has 0 radical (unpaired) electrons. The van der Waals surface area contributed by atoms with Crippen LogP contribution in [0.5, 0.6) is 0 Å². The zero-order valence-corrected chi connectivity index (χ0v) is 13.4. The monoisotopic (exact) mass is 332 g/mol. The fourth-order valence-corrected chi connectivity index (χ4v) is 1.81. The van der Waals surface area contributed by atoms with E-state index < -0.39 is 24.1 Å². The molecule has 8 heteroatoms. The number of oxazole rings is 1. The number of ether oxygens (including phenoxy) is 2. The number of imide groups is 1. The van der Waals surface area contributed by atoms with Crippen molar-refractivity contribution >= 4 is 18.0 Å². The maximum Gasteiger partial charge on any atom is 0.413 e. The van der Waals surface area contributed by atoms with Gasteiger partial charge < -0.3 is 13.9 Å². The molecular formula is C16H16N2O6. The second-order valence-electron chi connectivity index (χ2n) is 4.82. The summed E-state index contributed by atoms with van der Waals surface area (Å²) in [4.78, 5) is 38.9. The van der Waals surface area contributed by atoms with Crippen LogP contribution in [0.2, 0.25) is 0 Å². The van der Waals surface area contributed by atoms with E-state index in [1.807, 2.05) is 23.5 Å². The number of carbonyl (C=O) groups excluding carboxylic acids is 3. The van der Waals surface area contributed by atoms with E-state index in [0.717, 1.165) is 7.11 Å². The Balaban J connectivity index is 2.09. The summed E-state index contributed by atoms with van der Waals surface area (Å²) in [6.07, 6.45) is -2.14. The van der Waals surface area contributed by atoms with Gasteiger partial charge in [-0.15, -0.1) is 0 Å². The summed E-state index contributed by atoms with van der Waals surface area (Å²) in [6.45, 7) is 2.89. The van der Waals surface area contributed by atoms with Gasteiger partial charge in [0, 0.05) is 5.56 Å². The number of nitrogens with one attached hydrogen (secondary N) is 1. The highest BCUT2D eigenvalue weighted by Gasteiger charge is 2.25. The minimum Gasteiger partial charge on any atom is -0.453 e. The molecule has 0 spiro atoms. The number of benzene rings is 1. The highest BCUT2D eigenvalue weighted by molar-refractivity contribution is 5.96. The third-order valence-corrected chi connectivity index (χ3v) is 3.07. The zero-order valence-electron chi connectivity index (χ0n) is 13.4. The topological polar surface area (TPSA) is 108 Å². The van der Waals surface area contributed by atoms with E-state index in [4.69, 9.17) is 9.15 Å². The molecule has 0 saturated carbocycles. The highest BCUT2D eigenvalue weighted by Crippen LogP contribution is 2.22. The average molecular weight is 332 g/mol. The number of aromatic nitrogens is 1. The van der Waals surface area contributed by atoms with Gasteiger partial charge in [-0.1, -0.05) is 18.2 Å². The molecule has 1 aromatic heterocycles. The lowest BCUT2D eigenvalue weighted by Gasteiger charge is -2.11. The molecule has 0 aliphatic carbocycles. The van der Waals surface area contributed by atoms with Crippen molar-refractivity contribution < 1.29 is 28.3 Å². The Morgan fingerprint density at radius 2 is 1.88 bits per heavy atom. The third-order valence-electron chi connectivity index (χ3n) is 3.07. The fourth-order valence-electron chi connectivity index (χ4n) is 1.81. The van der Waals surface area contributed by atoms with Crippen LogP contribution in [0.25, 0.3) is 11.5 Å². The van der Waals surface area contributed by atoms with Crippen molar-refractivity contribution in [2.24, 2.45) is 0 Å². The van der Waals surface area contributed by atoms with Crippen LogP contribution in [0.15, 0.2) is 34.7 Å². The molecule has 1 aromatic carbocycles. The van der Waals surface area contributed by atoms with Crippen molar-refractivity contribution in [2.45, 2.75) is 20.0 Å². The lowest BCUT2D eigenvalue weighted by Crippen LogP contribution is -2.39. The Labute approximate surface area is 137 Å². The molecular weight excluding hydrogens is 316 g/mol. The van der Waals surface area contributed by atoms with Gasteiger partial charge in [0.2, 0.25) is 5.89 Å². The molecule has 2 rings (SSSR count). The van der Waals surface area contributed by atoms with Gasteiger partial charge in [-0.05, 0) is 26.0 Å². The van der Waals surface area contributed by atoms with Crippen LogP contribution in [0.1, 0.15) is 23.2 Å². The highest BCUT2D eigenvalue weighted by atomic mass is 16.6. The minimum absolute atomic E-state index is 0.0356. The second kappa shape index (κ2) is 7.40. The maximum absolute atomic E-state index is 12.1. The molecule has 1 N–H and O–H groups in total. The normalized spacial score (nSPS) is 11.5. The van der Waals surface area contributed by atoms with Crippen molar-refractivity contribution in [3.63, 3.8) is 0 Å². The first-order chi connectivity index (χ1) is 11.4. The fraction of sp³-hybridized carbons (Fsp3) is 0.250. The van der Waals surface area contributed by atoms with E-state index in [1.165, 1.54) is 6.92 Å². The van der Waals surface area contributed by atoms with E-state index in [0.29, 0.717) is 5.56 Å². The summed E-state index contributed by atoms with van der Waals surface area (Å²) in [5.74, 6) is -1.10. The molecule has 1 atom stereocenters. The van der Waals surface area contributed by atoms with Crippen molar-refractivity contribution in [1.82, 2.24) is 10.3 Å². The van der Waals surface area contributed by atoms with Gasteiger partial charge in [0.1, 0.15) is 5.76 Å². The van der Waals surface area contributed by atoms with E-state index in [9.17, 15) is 14.4 Å². The number of alkyl carbamates (subject to hydrolysis) is 1. The van der Waals surface area contributed by atoms with E-state index >= 15 is 0 Å². The van der Waals surface area contributed by atoms with Crippen LogP contribution in [-0.4, -0.2) is 36.2 Å². The quantitative estimate of drug-likeness (QED) is 0.854. The maximum atomic E-state index is 12.1. The van der Waals surface area contributed by atoms with E-state index in [-0.39, 0.29) is 17.3 Å². The smallest absolute Gasteiger partial charge is 0.413 e. The van der Waals surface area contributed by atoms with Crippen LogP contribution in [-0.2, 0) is 14.3 Å². The van der Waals surface area contributed by atoms with Crippen LogP contribution >= 0.6 is 0 Å². The summed E-state index contributed by atoms with van der Waals surface area (Å²) >= 11 is 0. The van der Waals surface area contributed by atoms with Crippen molar-refractivity contribution in [3.8, 4) is 11.5 Å². The predicted molar refractivity (Wildman–Crippen MR) is 82.1 cm³/mol. The number of methoxy groups -OCH3 is 1. The van der Waals surface area contributed by atoms with Gasteiger partial charge in [-0.25, -0.2) is 14.6 Å². The lowest BCUT2D eigenvalue weighted by atomic mass is 10.2. The molecule has 24 heavy (non-hydrogen) atoms. The largest absolute Gasteiger partial charge is 0.453 e. The number of nitrogens with zero attached hydrogens (tertiary/aromatic N) is 1. The van der Waals surface area contributed by atoms with Gasteiger partial charge >= 0.3 is 12.1 Å². The van der Waals surface area contributed by atoms with Crippen LogP contribution < -0.4 is 5.32 Å². The number of rotatable bonds is 4. The second-order valence-corrected chi connectivity index (χ2v) is 4.82. The SMILES string of the molecule is COC(=O)NC(=O)[C@@H](C)OC(=O)c1nc(-c2ccccc2)oc1C. The zero-order chi connectivity index (χ0) is 17.7. The van der Waals surface area contributed by atoms with Crippen molar-refractivity contribution in [1.29, 1.82) is 0 Å². The summed E-state index contributed by atoms with van der Waals surface area (Å²) in [5, 5.41) is 1.91. The number of carbonyl (C=O) groups is 3. The molecule has 0 bridgehead atoms. The lowest BCUT2D eigenvalue weighted by molar-refractivity contribution is -0.128. The van der Waals surface area contributed by atoms with E-state index in [2.05, 4.69) is 9.72 Å². The Morgan fingerprint density at radius 1 is 1.21 bits per heavy atom. The number of esters is 1. The molecule has 0 aliphatic rings. The Hall–Kier alpha value is -3.16. The number of aryl methyl sites for hydroxylation is 1. The first-order valence-corrected chi connectivity index (χ1v) is 7.05. The summed E-state index contributed by atoms with van der Waals surface area (Å²) in [5.41, 5.74) is 0.669. The minimum atomic E-state index is -1.20. The molecule has 8 nitrogen and oxygen atoms in total. The Bertz CT molecular complexity index is 753. The number of hydrogen-bond donors (Lipinski definition) is 1. The molecule has 0 unspecified atom stereocenters. The Kier molecular flexibility index (Phi) is 5.31. The van der Waals surface area contributed by atoms with Gasteiger partial charge in [0.15, 0.2) is 11.8 Å². The molecule has 0 aliphatic heterocycles. The van der Waals surface area contributed by atoms with Crippen LogP contribution in [0, 0.1) is 6.92 Å². The third kappa shape index (κ3) is 3.97.